The summed E-state index contributed by atoms with van der Waals surface area (Å²) in [6.07, 6.45) is 1.52. The van der Waals surface area contributed by atoms with E-state index >= 15 is 0 Å². The minimum absolute atomic E-state index is 0.0853. The third-order valence-corrected chi connectivity index (χ3v) is 2.83. The molecule has 0 spiro atoms. The van der Waals surface area contributed by atoms with E-state index in [0.717, 1.165) is 26.1 Å². The molecule has 1 aromatic heterocycles. The Morgan fingerprint density at radius 2 is 2.47 bits per heavy atom. The van der Waals surface area contributed by atoms with E-state index in [9.17, 15) is 0 Å². The molecule has 2 rings (SSSR count). The van der Waals surface area contributed by atoms with E-state index in [4.69, 9.17) is 14.0 Å². The lowest BCUT2D eigenvalue weighted by atomic mass is 10.2. The number of rotatable bonds is 5. The van der Waals surface area contributed by atoms with Crippen molar-refractivity contribution in [2.45, 2.75) is 32.0 Å². The van der Waals surface area contributed by atoms with E-state index < -0.39 is 0 Å². The summed E-state index contributed by atoms with van der Waals surface area (Å²) in [7, 11) is 1.65. The van der Waals surface area contributed by atoms with Gasteiger partial charge in [0.05, 0.1) is 19.1 Å². The molecule has 1 saturated heterocycles. The van der Waals surface area contributed by atoms with Gasteiger partial charge in [-0.25, -0.2) is 0 Å². The molecule has 96 valence electrons. The Bertz CT molecular complexity index is 332. The largest absolute Gasteiger partial charge is 0.375 e. The van der Waals surface area contributed by atoms with Crippen molar-refractivity contribution in [1.29, 1.82) is 0 Å². The van der Waals surface area contributed by atoms with Crippen LogP contribution < -0.4 is 5.32 Å². The molecule has 0 amide bonds. The average Bonchev–Trinajstić information content (AvgIpc) is 2.81. The van der Waals surface area contributed by atoms with E-state index in [0.29, 0.717) is 18.1 Å². The molecule has 6 nitrogen and oxygen atoms in total. The first-order valence-electron chi connectivity index (χ1n) is 6.01. The zero-order valence-electron chi connectivity index (χ0n) is 10.3. The maximum Gasteiger partial charge on any atom is 0.229 e. The molecular formula is C11H19N3O3. The first kappa shape index (κ1) is 12.5. The van der Waals surface area contributed by atoms with Crippen LogP contribution in [0, 0.1) is 0 Å². The van der Waals surface area contributed by atoms with Crippen LogP contribution in [0.15, 0.2) is 4.52 Å². The van der Waals surface area contributed by atoms with Gasteiger partial charge in [0.25, 0.3) is 0 Å². The summed E-state index contributed by atoms with van der Waals surface area (Å²) >= 11 is 0. The normalized spacial score (nSPS) is 22.6. The molecule has 1 aromatic rings. The van der Waals surface area contributed by atoms with Gasteiger partial charge in [0.2, 0.25) is 11.7 Å². The Hall–Kier alpha value is -0.980. The highest BCUT2D eigenvalue weighted by Gasteiger charge is 2.20. The lowest BCUT2D eigenvalue weighted by Crippen LogP contribution is -2.39. The standard InChI is InChI=1S/C11H19N3O3/c1-3-9(15-2)11-13-10(17-14-11)6-8-7-12-4-5-16-8/h8-9,12H,3-7H2,1-2H3. The van der Waals surface area contributed by atoms with Gasteiger partial charge < -0.3 is 19.3 Å². The molecule has 1 fully saturated rings. The van der Waals surface area contributed by atoms with Crippen molar-refractivity contribution in [1.82, 2.24) is 15.5 Å². The average molecular weight is 241 g/mol. The molecule has 1 aliphatic rings. The van der Waals surface area contributed by atoms with Gasteiger partial charge in [-0.15, -0.1) is 0 Å². The van der Waals surface area contributed by atoms with E-state index in [2.05, 4.69) is 15.5 Å². The van der Waals surface area contributed by atoms with Crippen molar-refractivity contribution in [2.24, 2.45) is 0 Å². The maximum atomic E-state index is 5.58. The van der Waals surface area contributed by atoms with Gasteiger partial charge in [-0.3, -0.25) is 0 Å². The van der Waals surface area contributed by atoms with Crippen LogP contribution in [0.2, 0.25) is 0 Å². The van der Waals surface area contributed by atoms with E-state index in [1.165, 1.54) is 0 Å². The minimum Gasteiger partial charge on any atom is -0.375 e. The minimum atomic E-state index is -0.0853. The number of hydrogen-bond acceptors (Lipinski definition) is 6. The van der Waals surface area contributed by atoms with Gasteiger partial charge in [-0.1, -0.05) is 12.1 Å². The SMILES string of the molecule is CCC(OC)c1noc(CC2CNCCO2)n1. The van der Waals surface area contributed by atoms with Gasteiger partial charge in [0.15, 0.2) is 0 Å². The number of methoxy groups -OCH3 is 1. The molecule has 0 radical (unpaired) electrons. The van der Waals surface area contributed by atoms with Crippen molar-refractivity contribution in [3.63, 3.8) is 0 Å². The van der Waals surface area contributed by atoms with Crippen molar-refractivity contribution in [3.8, 4) is 0 Å². The van der Waals surface area contributed by atoms with E-state index in [1.54, 1.807) is 7.11 Å². The molecule has 0 bridgehead atoms. The number of nitrogens with zero attached hydrogens (tertiary/aromatic N) is 2. The van der Waals surface area contributed by atoms with Crippen LogP contribution in [-0.2, 0) is 15.9 Å². The lowest BCUT2D eigenvalue weighted by Gasteiger charge is -2.21. The van der Waals surface area contributed by atoms with Gasteiger partial charge in [0.1, 0.15) is 6.10 Å². The van der Waals surface area contributed by atoms with Crippen molar-refractivity contribution >= 4 is 0 Å². The fourth-order valence-electron chi connectivity index (χ4n) is 1.88. The summed E-state index contributed by atoms with van der Waals surface area (Å²) in [6, 6.07) is 0. The van der Waals surface area contributed by atoms with Crippen LogP contribution in [0.3, 0.4) is 0 Å². The second kappa shape index (κ2) is 6.09. The third kappa shape index (κ3) is 3.24. The van der Waals surface area contributed by atoms with E-state index in [-0.39, 0.29) is 12.2 Å². The zero-order valence-corrected chi connectivity index (χ0v) is 10.3. The fourth-order valence-corrected chi connectivity index (χ4v) is 1.88. The number of morpholine rings is 1. The highest BCUT2D eigenvalue weighted by atomic mass is 16.5. The number of aromatic nitrogens is 2. The third-order valence-electron chi connectivity index (χ3n) is 2.83. The van der Waals surface area contributed by atoms with Crippen molar-refractivity contribution in [2.75, 3.05) is 26.8 Å². The predicted octanol–water partition coefficient (Wildman–Crippen LogP) is 0.698. The van der Waals surface area contributed by atoms with Crippen LogP contribution in [0.1, 0.15) is 31.2 Å². The van der Waals surface area contributed by atoms with Crippen molar-refractivity contribution < 1.29 is 14.0 Å². The topological polar surface area (TPSA) is 69.4 Å². The number of hydrogen-bond donors (Lipinski definition) is 1. The van der Waals surface area contributed by atoms with Crippen LogP contribution in [0.25, 0.3) is 0 Å². The summed E-state index contributed by atoms with van der Waals surface area (Å²) < 4.78 is 16.0. The quantitative estimate of drug-likeness (QED) is 0.818. The zero-order chi connectivity index (χ0) is 12.1. The summed E-state index contributed by atoms with van der Waals surface area (Å²) in [6.45, 7) is 4.51. The number of nitrogens with one attached hydrogen (secondary N) is 1. The molecule has 1 aliphatic heterocycles. The summed E-state index contributed by atoms with van der Waals surface area (Å²) in [5, 5.41) is 7.20. The van der Waals surface area contributed by atoms with Gasteiger partial charge in [0, 0.05) is 20.2 Å². The predicted molar refractivity (Wildman–Crippen MR) is 60.7 cm³/mol. The Balaban J connectivity index is 1.93. The Morgan fingerprint density at radius 3 is 3.12 bits per heavy atom. The second-order valence-corrected chi connectivity index (χ2v) is 4.08. The van der Waals surface area contributed by atoms with E-state index in [1.807, 2.05) is 6.92 Å². The smallest absolute Gasteiger partial charge is 0.229 e. The van der Waals surface area contributed by atoms with Crippen LogP contribution in [0.5, 0.6) is 0 Å². The summed E-state index contributed by atoms with van der Waals surface area (Å²) in [5.41, 5.74) is 0. The Kier molecular flexibility index (Phi) is 4.47. The number of ether oxygens (including phenoxy) is 2. The highest BCUT2D eigenvalue weighted by molar-refractivity contribution is 4.93. The van der Waals surface area contributed by atoms with Crippen LogP contribution in [-0.4, -0.2) is 43.1 Å². The Labute approximate surface area is 101 Å². The van der Waals surface area contributed by atoms with Crippen LogP contribution in [0.4, 0.5) is 0 Å². The first-order chi connectivity index (χ1) is 8.33. The highest BCUT2D eigenvalue weighted by Crippen LogP contribution is 2.17. The van der Waals surface area contributed by atoms with Crippen LogP contribution >= 0.6 is 0 Å². The lowest BCUT2D eigenvalue weighted by molar-refractivity contribution is 0.0246. The molecule has 6 heteroatoms. The monoisotopic (exact) mass is 241 g/mol. The molecule has 0 aromatic carbocycles. The van der Waals surface area contributed by atoms with Crippen molar-refractivity contribution in [3.05, 3.63) is 11.7 Å². The Morgan fingerprint density at radius 1 is 1.59 bits per heavy atom. The van der Waals surface area contributed by atoms with Gasteiger partial charge in [-0.2, -0.15) is 4.98 Å². The molecule has 0 aliphatic carbocycles. The second-order valence-electron chi connectivity index (χ2n) is 4.08. The first-order valence-corrected chi connectivity index (χ1v) is 6.01. The van der Waals surface area contributed by atoms with Gasteiger partial charge >= 0.3 is 0 Å². The fraction of sp³-hybridized carbons (Fsp3) is 0.818. The molecular weight excluding hydrogens is 222 g/mol. The molecule has 0 saturated carbocycles. The molecule has 2 unspecified atom stereocenters. The summed E-state index contributed by atoms with van der Waals surface area (Å²) in [4.78, 5) is 4.34. The summed E-state index contributed by atoms with van der Waals surface area (Å²) in [5.74, 6) is 1.23. The van der Waals surface area contributed by atoms with Gasteiger partial charge in [-0.05, 0) is 6.42 Å². The molecule has 2 heterocycles. The molecule has 17 heavy (non-hydrogen) atoms. The molecule has 1 N–H and O–H groups in total. The maximum absolute atomic E-state index is 5.58. The molecule has 2 atom stereocenters.